The maximum absolute atomic E-state index is 12.7. The molecular formula is C25H23N5O3S. The molecule has 0 saturated carbocycles. The van der Waals surface area contributed by atoms with Crippen LogP contribution in [0, 0.1) is 0 Å². The zero-order valence-electron chi connectivity index (χ0n) is 18.4. The Morgan fingerprint density at radius 3 is 2.26 bits per heavy atom. The van der Waals surface area contributed by atoms with Gasteiger partial charge in [-0.2, -0.15) is 5.10 Å². The first-order valence-corrected chi connectivity index (χ1v) is 11.5. The summed E-state index contributed by atoms with van der Waals surface area (Å²) in [7, 11) is 0. The predicted octanol–water partition coefficient (Wildman–Crippen LogP) is 4.43. The van der Waals surface area contributed by atoms with Crippen LogP contribution in [-0.2, 0) is 9.53 Å². The maximum atomic E-state index is 12.7. The Bertz CT molecular complexity index is 1250. The summed E-state index contributed by atoms with van der Waals surface area (Å²) in [6, 6.07) is 27.9. The van der Waals surface area contributed by atoms with E-state index in [-0.39, 0.29) is 11.7 Å². The van der Waals surface area contributed by atoms with E-state index in [0.717, 1.165) is 23.1 Å². The highest BCUT2D eigenvalue weighted by atomic mass is 32.2. The van der Waals surface area contributed by atoms with Gasteiger partial charge in [0.05, 0.1) is 12.3 Å². The van der Waals surface area contributed by atoms with Gasteiger partial charge in [0.25, 0.3) is 0 Å². The summed E-state index contributed by atoms with van der Waals surface area (Å²) in [4.78, 5) is 12.7. The molecule has 9 heteroatoms. The van der Waals surface area contributed by atoms with Gasteiger partial charge in [0.1, 0.15) is 6.10 Å². The number of hydrogen-bond acceptors (Lipinski definition) is 8. The third-order valence-corrected chi connectivity index (χ3v) is 5.63. The van der Waals surface area contributed by atoms with Gasteiger partial charge in [0.2, 0.25) is 10.2 Å². The van der Waals surface area contributed by atoms with Crippen LogP contribution in [0.1, 0.15) is 24.4 Å². The molecule has 1 aromatic heterocycles. The van der Waals surface area contributed by atoms with Crippen LogP contribution in [-0.4, -0.2) is 37.5 Å². The smallest absolute Gasteiger partial charge is 0.365 e. The van der Waals surface area contributed by atoms with Gasteiger partial charge in [-0.25, -0.2) is 4.79 Å². The fourth-order valence-electron chi connectivity index (χ4n) is 3.15. The quantitative estimate of drug-likeness (QED) is 0.135. The van der Waals surface area contributed by atoms with Crippen molar-refractivity contribution in [2.24, 2.45) is 5.10 Å². The molecule has 2 N–H and O–H groups in total. The molecule has 3 aromatic carbocycles. The van der Waals surface area contributed by atoms with E-state index < -0.39 is 12.1 Å². The molecule has 0 amide bonds. The highest BCUT2D eigenvalue weighted by Gasteiger charge is 2.25. The zero-order chi connectivity index (χ0) is 23.8. The molecule has 8 nitrogen and oxygen atoms in total. The van der Waals surface area contributed by atoms with Crippen LogP contribution in [0.25, 0.3) is 5.69 Å². The molecule has 1 unspecified atom stereocenters. The molecule has 4 rings (SSSR count). The van der Waals surface area contributed by atoms with Crippen LogP contribution in [0.3, 0.4) is 0 Å². The van der Waals surface area contributed by atoms with Gasteiger partial charge >= 0.3 is 5.97 Å². The number of hydrazone groups is 1. The third kappa shape index (κ3) is 5.51. The number of anilines is 1. The lowest BCUT2D eigenvalue weighted by molar-refractivity contribution is -0.134. The minimum atomic E-state index is -1.02. The van der Waals surface area contributed by atoms with E-state index in [1.54, 1.807) is 11.5 Å². The molecule has 34 heavy (non-hydrogen) atoms. The fourth-order valence-corrected chi connectivity index (χ4v) is 3.92. The number of ether oxygens (including phenoxy) is 1. The van der Waals surface area contributed by atoms with E-state index in [1.165, 1.54) is 0 Å². The van der Waals surface area contributed by atoms with Crippen LogP contribution in [0.2, 0.25) is 0 Å². The van der Waals surface area contributed by atoms with Gasteiger partial charge in [0.15, 0.2) is 5.82 Å². The second-order valence-corrected chi connectivity index (χ2v) is 8.00. The van der Waals surface area contributed by atoms with Crippen molar-refractivity contribution in [3.8, 4) is 5.69 Å². The molecule has 0 aliphatic heterocycles. The zero-order valence-corrected chi connectivity index (χ0v) is 19.2. The number of aliphatic hydroxyl groups is 1. The van der Waals surface area contributed by atoms with Gasteiger partial charge in [-0.3, -0.25) is 9.99 Å². The Morgan fingerprint density at radius 2 is 1.62 bits per heavy atom. The van der Waals surface area contributed by atoms with Crippen LogP contribution in [0.15, 0.2) is 101 Å². The Labute approximate surface area is 201 Å². The van der Waals surface area contributed by atoms with E-state index in [0.29, 0.717) is 16.5 Å². The molecule has 172 valence electrons. The Hall–Kier alpha value is -3.95. The second kappa shape index (κ2) is 11.3. The van der Waals surface area contributed by atoms with E-state index in [1.807, 2.05) is 91.0 Å². The Morgan fingerprint density at radius 1 is 1.00 bits per heavy atom. The number of nitrogens with zero attached hydrogens (tertiary/aromatic N) is 4. The van der Waals surface area contributed by atoms with E-state index in [2.05, 4.69) is 20.7 Å². The van der Waals surface area contributed by atoms with Crippen molar-refractivity contribution in [1.29, 1.82) is 0 Å². The normalized spacial score (nSPS) is 12.2. The number of carbonyl (C=O) groups is 1. The maximum Gasteiger partial charge on any atom is 0.365 e. The van der Waals surface area contributed by atoms with Crippen molar-refractivity contribution in [2.75, 3.05) is 12.0 Å². The molecule has 0 radical (unpaired) electrons. The number of carbonyl (C=O) groups excluding carboxylic acids is 1. The topological polar surface area (TPSA) is 102 Å². The number of aromatic nitrogens is 3. The Kier molecular flexibility index (Phi) is 7.69. The van der Waals surface area contributed by atoms with E-state index in [4.69, 9.17) is 4.74 Å². The first-order chi connectivity index (χ1) is 16.7. The van der Waals surface area contributed by atoms with Gasteiger partial charge in [-0.1, -0.05) is 66.7 Å². The van der Waals surface area contributed by atoms with Gasteiger partial charge in [0, 0.05) is 5.69 Å². The summed E-state index contributed by atoms with van der Waals surface area (Å²) in [5.41, 5.74) is 5.01. The molecule has 0 bridgehead atoms. The molecule has 0 saturated heterocycles. The monoisotopic (exact) mass is 473 g/mol. The SMILES string of the molecule is CCOC(=O)/C(=N\Nc1ccccc1)Sc1nnc(C(O)c2ccccc2)n1-c1ccccc1. The van der Waals surface area contributed by atoms with Gasteiger partial charge in [-0.05, 0) is 48.5 Å². The minimum absolute atomic E-state index is 0.0519. The molecule has 0 aliphatic rings. The third-order valence-electron chi connectivity index (χ3n) is 4.73. The van der Waals surface area contributed by atoms with Gasteiger partial charge < -0.3 is 9.84 Å². The summed E-state index contributed by atoms with van der Waals surface area (Å²) in [5.74, 6) is -0.275. The van der Waals surface area contributed by atoms with E-state index in [9.17, 15) is 9.90 Å². The minimum Gasteiger partial charge on any atom is -0.461 e. The van der Waals surface area contributed by atoms with E-state index >= 15 is 0 Å². The molecule has 1 atom stereocenters. The first-order valence-electron chi connectivity index (χ1n) is 10.6. The van der Waals surface area contributed by atoms with Crippen molar-refractivity contribution in [1.82, 2.24) is 14.8 Å². The van der Waals surface area contributed by atoms with Crippen LogP contribution >= 0.6 is 11.8 Å². The number of hydrogen-bond donors (Lipinski definition) is 2. The number of benzene rings is 3. The highest BCUT2D eigenvalue weighted by Crippen LogP contribution is 2.29. The number of thioether (sulfide) groups is 1. The summed E-state index contributed by atoms with van der Waals surface area (Å²) in [6.45, 7) is 1.93. The standard InChI is InChI=1S/C25H23N5O3S/c1-2-33-24(32)23(28-26-19-14-8-4-9-15-19)34-25-29-27-22(21(31)18-12-6-3-7-13-18)30(25)20-16-10-5-11-17-20/h3-17,21,26,31H,2H2,1H3/b28-23+. The Balaban J connectivity index is 1.73. The average Bonchev–Trinajstić information content (AvgIpc) is 3.31. The van der Waals surface area contributed by atoms with Crippen molar-refractivity contribution in [3.63, 3.8) is 0 Å². The number of aliphatic hydroxyl groups excluding tert-OH is 1. The lowest BCUT2D eigenvalue weighted by atomic mass is 10.1. The average molecular weight is 474 g/mol. The molecule has 4 aromatic rings. The molecule has 0 fully saturated rings. The number of para-hydroxylation sites is 2. The summed E-state index contributed by atoms with van der Waals surface area (Å²) in [5, 5.41) is 24.3. The van der Waals surface area contributed by atoms with Gasteiger partial charge in [-0.15, -0.1) is 10.2 Å². The molecule has 1 heterocycles. The molecular weight excluding hydrogens is 450 g/mol. The number of nitrogens with one attached hydrogen (secondary N) is 1. The first kappa shape index (κ1) is 23.2. The molecule has 0 aliphatic carbocycles. The van der Waals surface area contributed by atoms with Crippen molar-refractivity contribution in [2.45, 2.75) is 18.2 Å². The summed E-state index contributed by atoms with van der Waals surface area (Å²) >= 11 is 1.00. The number of rotatable bonds is 7. The number of esters is 1. The fraction of sp³-hybridized carbons (Fsp3) is 0.120. The van der Waals surface area contributed by atoms with Crippen molar-refractivity contribution >= 4 is 28.5 Å². The van der Waals surface area contributed by atoms with Crippen LogP contribution < -0.4 is 5.43 Å². The van der Waals surface area contributed by atoms with Crippen LogP contribution in [0.4, 0.5) is 5.69 Å². The lowest BCUT2D eigenvalue weighted by Gasteiger charge is -2.14. The predicted molar refractivity (Wildman–Crippen MR) is 132 cm³/mol. The second-order valence-electron chi connectivity index (χ2n) is 7.04. The summed E-state index contributed by atoms with van der Waals surface area (Å²) in [6.07, 6.45) is -1.02. The summed E-state index contributed by atoms with van der Waals surface area (Å²) < 4.78 is 6.90. The lowest BCUT2D eigenvalue weighted by Crippen LogP contribution is -2.17. The molecule has 0 spiro atoms. The largest absolute Gasteiger partial charge is 0.461 e. The van der Waals surface area contributed by atoms with Crippen molar-refractivity contribution in [3.05, 3.63) is 102 Å². The van der Waals surface area contributed by atoms with Crippen molar-refractivity contribution < 1.29 is 14.6 Å². The highest BCUT2D eigenvalue weighted by molar-refractivity contribution is 8.15. The van der Waals surface area contributed by atoms with Crippen LogP contribution in [0.5, 0.6) is 0 Å².